The molecule has 34 heavy (non-hydrogen) atoms. The molecule has 0 unspecified atom stereocenters. The van der Waals surface area contributed by atoms with Gasteiger partial charge in [0.05, 0.1) is 24.7 Å². The van der Waals surface area contributed by atoms with Crippen molar-refractivity contribution in [3.05, 3.63) is 83.3 Å². The highest BCUT2D eigenvalue weighted by Crippen LogP contribution is 2.36. The summed E-state index contributed by atoms with van der Waals surface area (Å²) in [5.41, 5.74) is 2.54. The summed E-state index contributed by atoms with van der Waals surface area (Å²) in [5.74, 6) is 0.647. The van der Waals surface area contributed by atoms with Crippen LogP contribution in [0.4, 0.5) is 5.69 Å². The van der Waals surface area contributed by atoms with Gasteiger partial charge in [-0.3, -0.25) is 9.59 Å². The molecule has 0 saturated carbocycles. The molecule has 1 fully saturated rings. The molecule has 0 N–H and O–H groups in total. The van der Waals surface area contributed by atoms with Crippen LogP contribution in [0.15, 0.2) is 77.9 Å². The fraction of sp³-hybridized carbons (Fsp3) is 0.231. The van der Waals surface area contributed by atoms with E-state index in [1.807, 2.05) is 62.4 Å². The topological polar surface area (TPSA) is 82.3 Å². The monoisotopic (exact) mass is 455 g/mol. The predicted molar refractivity (Wildman–Crippen MR) is 130 cm³/mol. The second-order valence-corrected chi connectivity index (χ2v) is 8.88. The van der Waals surface area contributed by atoms with Gasteiger partial charge in [-0.15, -0.1) is 0 Å². The van der Waals surface area contributed by atoms with Crippen molar-refractivity contribution in [1.29, 1.82) is 0 Å². The summed E-state index contributed by atoms with van der Waals surface area (Å²) in [6.45, 7) is 4.60. The van der Waals surface area contributed by atoms with E-state index in [-0.39, 0.29) is 22.4 Å². The lowest BCUT2D eigenvalue weighted by atomic mass is 9.92. The first-order valence-corrected chi connectivity index (χ1v) is 11.1. The predicted octanol–water partition coefficient (Wildman–Crippen LogP) is 3.86. The summed E-state index contributed by atoms with van der Waals surface area (Å²) in [6.07, 6.45) is 4.05. The maximum absolute atomic E-state index is 12.8. The standard InChI is InChI=1S/C26H25N5O3/c1-26(2)13-16-29(25(26)33)19-9-10-20(23(17-19)34-3)30-15-12-22(32)24(28-30)21-11-14-27-31(21)18-7-5-4-6-8-18/h4-12,14-15,17H,13,16H2,1-3H3. The van der Waals surface area contributed by atoms with Gasteiger partial charge in [0, 0.05) is 36.0 Å². The van der Waals surface area contributed by atoms with E-state index in [0.717, 1.165) is 17.8 Å². The molecule has 5 rings (SSSR count). The minimum atomic E-state index is -0.372. The second-order valence-electron chi connectivity index (χ2n) is 8.88. The minimum absolute atomic E-state index is 0.0975. The molecule has 1 aliphatic rings. The van der Waals surface area contributed by atoms with Crippen molar-refractivity contribution in [2.24, 2.45) is 5.41 Å². The Morgan fingerprint density at radius 2 is 1.76 bits per heavy atom. The average Bonchev–Trinajstić information content (AvgIpc) is 3.44. The summed E-state index contributed by atoms with van der Waals surface area (Å²) in [5, 5.41) is 9.01. The first-order valence-electron chi connectivity index (χ1n) is 11.1. The lowest BCUT2D eigenvalue weighted by Gasteiger charge is -2.21. The molecule has 0 bridgehead atoms. The molecule has 0 aliphatic carbocycles. The third kappa shape index (κ3) is 3.67. The molecular formula is C26H25N5O3. The number of hydrogen-bond acceptors (Lipinski definition) is 5. The molecule has 8 nitrogen and oxygen atoms in total. The number of aromatic nitrogens is 4. The van der Waals surface area contributed by atoms with Crippen LogP contribution in [0.1, 0.15) is 20.3 Å². The second kappa shape index (κ2) is 8.30. The maximum Gasteiger partial charge on any atom is 0.232 e. The van der Waals surface area contributed by atoms with Gasteiger partial charge in [-0.25, -0.2) is 9.36 Å². The quantitative estimate of drug-likeness (QED) is 0.456. The van der Waals surface area contributed by atoms with Crippen molar-refractivity contribution < 1.29 is 9.53 Å². The van der Waals surface area contributed by atoms with Crippen LogP contribution in [0.2, 0.25) is 0 Å². The molecule has 8 heteroatoms. The molecule has 1 amide bonds. The van der Waals surface area contributed by atoms with E-state index < -0.39 is 0 Å². The number of hydrogen-bond donors (Lipinski definition) is 0. The Bertz CT molecular complexity index is 1420. The minimum Gasteiger partial charge on any atom is -0.494 e. The Balaban J connectivity index is 1.56. The first-order chi connectivity index (χ1) is 16.4. The number of amides is 1. The fourth-order valence-corrected chi connectivity index (χ4v) is 4.21. The van der Waals surface area contributed by atoms with Crippen LogP contribution in [0, 0.1) is 5.41 Å². The number of anilines is 1. The Kier molecular flexibility index (Phi) is 5.28. The van der Waals surface area contributed by atoms with Gasteiger partial charge in [0.2, 0.25) is 11.3 Å². The largest absolute Gasteiger partial charge is 0.494 e. The van der Waals surface area contributed by atoms with Crippen LogP contribution in [-0.2, 0) is 4.79 Å². The van der Waals surface area contributed by atoms with Crippen LogP contribution >= 0.6 is 0 Å². The van der Waals surface area contributed by atoms with Gasteiger partial charge in [0.1, 0.15) is 11.4 Å². The Hall–Kier alpha value is -4.20. The van der Waals surface area contributed by atoms with E-state index in [1.54, 1.807) is 39.8 Å². The van der Waals surface area contributed by atoms with Gasteiger partial charge in [0.15, 0.2) is 5.69 Å². The highest BCUT2D eigenvalue weighted by Gasteiger charge is 2.39. The third-order valence-electron chi connectivity index (χ3n) is 6.20. The Morgan fingerprint density at radius 1 is 0.971 bits per heavy atom. The van der Waals surface area contributed by atoms with Gasteiger partial charge >= 0.3 is 0 Å². The molecule has 4 aromatic rings. The highest BCUT2D eigenvalue weighted by molar-refractivity contribution is 5.99. The lowest BCUT2D eigenvalue weighted by molar-refractivity contribution is -0.123. The van der Waals surface area contributed by atoms with E-state index >= 15 is 0 Å². The average molecular weight is 456 g/mol. The van der Waals surface area contributed by atoms with E-state index in [1.165, 1.54) is 6.07 Å². The van der Waals surface area contributed by atoms with Crippen LogP contribution < -0.4 is 15.1 Å². The molecule has 1 saturated heterocycles. The first kappa shape index (κ1) is 21.6. The zero-order chi connectivity index (χ0) is 23.9. The van der Waals surface area contributed by atoms with E-state index in [4.69, 9.17) is 4.74 Å². The number of carbonyl (C=O) groups is 1. The summed E-state index contributed by atoms with van der Waals surface area (Å²) in [4.78, 5) is 27.3. The normalized spacial score (nSPS) is 15.0. The van der Waals surface area contributed by atoms with E-state index in [2.05, 4.69) is 10.2 Å². The number of benzene rings is 2. The van der Waals surface area contributed by atoms with Crippen LogP contribution in [0.5, 0.6) is 5.75 Å². The fourth-order valence-electron chi connectivity index (χ4n) is 4.21. The molecule has 3 heterocycles. The molecule has 172 valence electrons. The zero-order valence-electron chi connectivity index (χ0n) is 19.3. The molecule has 0 atom stereocenters. The smallest absolute Gasteiger partial charge is 0.232 e. The van der Waals surface area contributed by atoms with Crippen LogP contribution in [0.25, 0.3) is 22.8 Å². The van der Waals surface area contributed by atoms with Gasteiger partial charge in [-0.05, 0) is 36.8 Å². The SMILES string of the molecule is COc1cc(N2CCC(C)(C)C2=O)ccc1-n1ccc(=O)c(-c2ccnn2-c2ccccc2)n1. The van der Waals surface area contributed by atoms with Gasteiger partial charge < -0.3 is 9.64 Å². The highest BCUT2D eigenvalue weighted by atomic mass is 16.5. The van der Waals surface area contributed by atoms with Gasteiger partial charge in [0.25, 0.3) is 0 Å². The number of nitrogens with zero attached hydrogens (tertiary/aromatic N) is 5. The van der Waals surface area contributed by atoms with Crippen molar-refractivity contribution in [2.45, 2.75) is 20.3 Å². The maximum atomic E-state index is 12.8. The molecule has 0 radical (unpaired) electrons. The van der Waals surface area contributed by atoms with Gasteiger partial charge in [-0.2, -0.15) is 10.2 Å². The third-order valence-corrected chi connectivity index (χ3v) is 6.20. The molecule has 1 aliphatic heterocycles. The number of para-hydroxylation sites is 1. The molecule has 0 spiro atoms. The molecular weight excluding hydrogens is 430 g/mol. The van der Waals surface area contributed by atoms with Crippen LogP contribution in [-0.4, -0.2) is 39.1 Å². The number of ether oxygens (including phenoxy) is 1. The Morgan fingerprint density at radius 3 is 2.47 bits per heavy atom. The van der Waals surface area contributed by atoms with Crippen molar-refractivity contribution in [3.63, 3.8) is 0 Å². The summed E-state index contributed by atoms with van der Waals surface area (Å²) in [6, 6.07) is 18.4. The van der Waals surface area contributed by atoms with Crippen LogP contribution in [0.3, 0.4) is 0 Å². The summed E-state index contributed by atoms with van der Waals surface area (Å²) in [7, 11) is 1.58. The lowest BCUT2D eigenvalue weighted by Crippen LogP contribution is -2.30. The van der Waals surface area contributed by atoms with E-state index in [0.29, 0.717) is 23.7 Å². The Labute approximate surface area is 197 Å². The molecule has 2 aromatic heterocycles. The van der Waals surface area contributed by atoms with Gasteiger partial charge in [-0.1, -0.05) is 32.0 Å². The van der Waals surface area contributed by atoms with Crippen molar-refractivity contribution in [1.82, 2.24) is 19.6 Å². The van der Waals surface area contributed by atoms with Crippen molar-refractivity contribution >= 4 is 11.6 Å². The molecule has 2 aromatic carbocycles. The zero-order valence-corrected chi connectivity index (χ0v) is 19.3. The van der Waals surface area contributed by atoms with Crippen molar-refractivity contribution in [3.8, 4) is 28.5 Å². The number of rotatable bonds is 5. The number of methoxy groups -OCH3 is 1. The summed E-state index contributed by atoms with van der Waals surface area (Å²) >= 11 is 0. The summed E-state index contributed by atoms with van der Waals surface area (Å²) < 4.78 is 8.94. The number of carbonyl (C=O) groups excluding carboxylic acids is 1. The van der Waals surface area contributed by atoms with Crippen molar-refractivity contribution in [2.75, 3.05) is 18.6 Å². The van der Waals surface area contributed by atoms with E-state index in [9.17, 15) is 9.59 Å².